The van der Waals surface area contributed by atoms with Gasteiger partial charge in [0.05, 0.1) is 6.54 Å². The van der Waals surface area contributed by atoms with Crippen molar-refractivity contribution in [2.45, 2.75) is 13.3 Å². The number of ketones is 1. The highest BCUT2D eigenvalue weighted by molar-refractivity contribution is 5.98. The van der Waals surface area contributed by atoms with Crippen molar-refractivity contribution in [3.63, 3.8) is 0 Å². The first-order valence-corrected chi connectivity index (χ1v) is 4.10. The van der Waals surface area contributed by atoms with Crippen LogP contribution < -0.4 is 5.73 Å². The van der Waals surface area contributed by atoms with Gasteiger partial charge in [-0.2, -0.15) is 0 Å². The van der Waals surface area contributed by atoms with Gasteiger partial charge in [0.15, 0.2) is 5.78 Å². The summed E-state index contributed by atoms with van der Waals surface area (Å²) in [7, 11) is 0. The Labute approximate surface area is 84.5 Å². The van der Waals surface area contributed by atoms with Crippen molar-refractivity contribution in [2.24, 2.45) is 5.73 Å². The third kappa shape index (κ3) is 2.83. The highest BCUT2D eigenvalue weighted by atomic mass is 35.5. The fourth-order valence-corrected chi connectivity index (χ4v) is 1.21. The maximum Gasteiger partial charge on any atom is 0.176 e. The predicted molar refractivity (Wildman–Crippen MR) is 56.5 cm³/mol. The van der Waals surface area contributed by atoms with Crippen molar-refractivity contribution in [1.82, 2.24) is 0 Å². The number of carbonyl (C=O) groups excluding carboxylic acids is 1. The van der Waals surface area contributed by atoms with E-state index in [1.807, 2.05) is 31.2 Å². The zero-order chi connectivity index (χ0) is 8.97. The molecule has 0 heterocycles. The highest BCUT2D eigenvalue weighted by Crippen LogP contribution is 2.09. The molecule has 2 nitrogen and oxygen atoms in total. The minimum Gasteiger partial charge on any atom is -0.324 e. The highest BCUT2D eigenvalue weighted by Gasteiger charge is 2.06. The third-order valence-corrected chi connectivity index (χ3v) is 1.88. The SMILES string of the molecule is CCc1ccccc1C(=O)CN.Cl. The van der Waals surface area contributed by atoms with E-state index in [2.05, 4.69) is 0 Å². The molecule has 0 spiro atoms. The second-order valence-corrected chi connectivity index (χ2v) is 2.64. The summed E-state index contributed by atoms with van der Waals surface area (Å²) >= 11 is 0. The molecule has 0 aliphatic carbocycles. The van der Waals surface area contributed by atoms with Crippen LogP contribution in [0, 0.1) is 0 Å². The summed E-state index contributed by atoms with van der Waals surface area (Å²) in [4.78, 5) is 11.3. The zero-order valence-corrected chi connectivity index (χ0v) is 8.43. The van der Waals surface area contributed by atoms with E-state index in [-0.39, 0.29) is 24.7 Å². The predicted octanol–water partition coefficient (Wildman–Crippen LogP) is 1.81. The number of benzene rings is 1. The molecule has 0 fully saturated rings. The number of aryl methyl sites for hydroxylation is 1. The van der Waals surface area contributed by atoms with Gasteiger partial charge in [0.2, 0.25) is 0 Å². The summed E-state index contributed by atoms with van der Waals surface area (Å²) < 4.78 is 0. The van der Waals surface area contributed by atoms with Crippen LogP contribution in [0.2, 0.25) is 0 Å². The van der Waals surface area contributed by atoms with Gasteiger partial charge < -0.3 is 5.73 Å². The van der Waals surface area contributed by atoms with Gasteiger partial charge in [-0.3, -0.25) is 4.79 Å². The van der Waals surface area contributed by atoms with Crippen LogP contribution in [-0.2, 0) is 6.42 Å². The molecule has 0 bridgehead atoms. The van der Waals surface area contributed by atoms with Gasteiger partial charge in [-0.15, -0.1) is 12.4 Å². The van der Waals surface area contributed by atoms with Crippen LogP contribution >= 0.6 is 12.4 Å². The summed E-state index contributed by atoms with van der Waals surface area (Å²) in [6, 6.07) is 7.59. The minimum atomic E-state index is 0. The zero-order valence-electron chi connectivity index (χ0n) is 7.62. The molecule has 2 N–H and O–H groups in total. The van der Waals surface area contributed by atoms with E-state index >= 15 is 0 Å². The average Bonchev–Trinajstić information content (AvgIpc) is 2.16. The van der Waals surface area contributed by atoms with Crippen LogP contribution in [0.25, 0.3) is 0 Å². The number of hydrogen-bond donors (Lipinski definition) is 1. The first kappa shape index (κ1) is 12.1. The molecule has 0 amide bonds. The molecular weight excluding hydrogens is 186 g/mol. The summed E-state index contributed by atoms with van der Waals surface area (Å²) in [5.41, 5.74) is 7.12. The Bertz CT molecular complexity index is 286. The molecule has 0 atom stereocenters. The molecule has 1 aromatic carbocycles. The first-order chi connectivity index (χ1) is 5.79. The third-order valence-electron chi connectivity index (χ3n) is 1.88. The molecule has 1 rings (SSSR count). The maximum atomic E-state index is 11.3. The van der Waals surface area contributed by atoms with Crippen LogP contribution in [0.15, 0.2) is 24.3 Å². The molecule has 0 unspecified atom stereocenters. The molecule has 0 aromatic heterocycles. The number of halogens is 1. The van der Waals surface area contributed by atoms with Gasteiger partial charge in [0.25, 0.3) is 0 Å². The van der Waals surface area contributed by atoms with E-state index in [9.17, 15) is 4.79 Å². The molecular formula is C10H14ClNO. The largest absolute Gasteiger partial charge is 0.324 e. The minimum absolute atomic E-state index is 0. The van der Waals surface area contributed by atoms with Gasteiger partial charge in [-0.25, -0.2) is 0 Å². The van der Waals surface area contributed by atoms with Crippen molar-refractivity contribution in [1.29, 1.82) is 0 Å². The van der Waals surface area contributed by atoms with Crippen LogP contribution in [0.1, 0.15) is 22.8 Å². The second kappa shape index (κ2) is 5.73. The standard InChI is InChI=1S/C10H13NO.ClH/c1-2-8-5-3-4-6-9(8)10(12)7-11;/h3-6H,2,7,11H2,1H3;1H. The smallest absolute Gasteiger partial charge is 0.176 e. The van der Waals surface area contributed by atoms with Crippen molar-refractivity contribution >= 4 is 18.2 Å². The Kier molecular flexibility index (Phi) is 5.35. The second-order valence-electron chi connectivity index (χ2n) is 2.64. The number of nitrogens with two attached hydrogens (primary N) is 1. The Morgan fingerprint density at radius 1 is 1.38 bits per heavy atom. The monoisotopic (exact) mass is 199 g/mol. The molecule has 0 radical (unpaired) electrons. The molecule has 0 saturated heterocycles. The van der Waals surface area contributed by atoms with Gasteiger partial charge in [0, 0.05) is 5.56 Å². The number of Topliss-reactive ketones (excluding diaryl/α,β-unsaturated/α-hetero) is 1. The summed E-state index contributed by atoms with van der Waals surface area (Å²) in [5.74, 6) is 0.0208. The lowest BCUT2D eigenvalue weighted by atomic mass is 10.0. The molecule has 0 saturated carbocycles. The number of hydrogen-bond acceptors (Lipinski definition) is 2. The van der Waals surface area contributed by atoms with Crippen molar-refractivity contribution in [2.75, 3.05) is 6.54 Å². The van der Waals surface area contributed by atoms with Crippen LogP contribution in [-0.4, -0.2) is 12.3 Å². The number of carbonyl (C=O) groups is 1. The molecule has 1 aromatic rings. The summed E-state index contributed by atoms with van der Waals surface area (Å²) in [5, 5.41) is 0. The molecule has 13 heavy (non-hydrogen) atoms. The van der Waals surface area contributed by atoms with Crippen molar-refractivity contribution in [3.8, 4) is 0 Å². The average molecular weight is 200 g/mol. The Balaban J connectivity index is 0.00000144. The fraction of sp³-hybridized carbons (Fsp3) is 0.300. The fourth-order valence-electron chi connectivity index (χ4n) is 1.21. The lowest BCUT2D eigenvalue weighted by Crippen LogP contribution is -2.15. The Morgan fingerprint density at radius 2 is 2.00 bits per heavy atom. The lowest BCUT2D eigenvalue weighted by Gasteiger charge is -2.03. The van der Waals surface area contributed by atoms with Crippen LogP contribution in [0.3, 0.4) is 0 Å². The van der Waals surface area contributed by atoms with Gasteiger partial charge >= 0.3 is 0 Å². The van der Waals surface area contributed by atoms with Crippen LogP contribution in [0.4, 0.5) is 0 Å². The van der Waals surface area contributed by atoms with Crippen molar-refractivity contribution < 1.29 is 4.79 Å². The summed E-state index contributed by atoms with van der Waals surface area (Å²) in [6.07, 6.45) is 0.877. The molecule has 3 heteroatoms. The van der Waals surface area contributed by atoms with Gasteiger partial charge in [-0.05, 0) is 12.0 Å². The Hall–Kier alpha value is -0.860. The van der Waals surface area contributed by atoms with E-state index in [0.29, 0.717) is 0 Å². The first-order valence-electron chi connectivity index (χ1n) is 4.10. The van der Waals surface area contributed by atoms with Crippen molar-refractivity contribution in [3.05, 3.63) is 35.4 Å². The molecule has 0 aliphatic rings. The summed E-state index contributed by atoms with van der Waals surface area (Å²) in [6.45, 7) is 2.12. The maximum absolute atomic E-state index is 11.3. The van der Waals surface area contributed by atoms with Gasteiger partial charge in [-0.1, -0.05) is 31.2 Å². The topological polar surface area (TPSA) is 43.1 Å². The molecule has 0 aliphatic heterocycles. The Morgan fingerprint density at radius 3 is 2.54 bits per heavy atom. The van der Waals surface area contributed by atoms with E-state index in [0.717, 1.165) is 17.5 Å². The van der Waals surface area contributed by atoms with E-state index < -0.39 is 0 Å². The van der Waals surface area contributed by atoms with Crippen LogP contribution in [0.5, 0.6) is 0 Å². The van der Waals surface area contributed by atoms with Gasteiger partial charge in [0.1, 0.15) is 0 Å². The van der Waals surface area contributed by atoms with E-state index in [1.54, 1.807) is 0 Å². The normalized spacial score (nSPS) is 9.08. The number of rotatable bonds is 3. The quantitative estimate of drug-likeness (QED) is 0.755. The lowest BCUT2D eigenvalue weighted by molar-refractivity contribution is 0.100. The van der Waals surface area contributed by atoms with E-state index in [1.165, 1.54) is 0 Å². The molecule has 72 valence electrons. The van der Waals surface area contributed by atoms with E-state index in [4.69, 9.17) is 5.73 Å².